The molecule has 8 heteroatoms. The number of halogens is 1. The third-order valence-electron chi connectivity index (χ3n) is 2.67. The highest BCUT2D eigenvalue weighted by atomic mass is 32.2. The fourth-order valence-corrected chi connectivity index (χ4v) is 2.88. The Morgan fingerprint density at radius 3 is 2.50 bits per heavy atom. The van der Waals surface area contributed by atoms with Crippen molar-refractivity contribution in [3.8, 4) is 0 Å². The second-order valence-corrected chi connectivity index (χ2v) is 6.27. The van der Waals surface area contributed by atoms with Gasteiger partial charge in [-0.15, -0.1) is 0 Å². The van der Waals surface area contributed by atoms with E-state index in [1.165, 1.54) is 0 Å². The first kappa shape index (κ1) is 16.1. The molecule has 0 saturated carbocycles. The summed E-state index contributed by atoms with van der Waals surface area (Å²) in [5, 5.41) is 9.61. The van der Waals surface area contributed by atoms with Crippen LogP contribution in [-0.2, 0) is 14.6 Å². The van der Waals surface area contributed by atoms with E-state index in [4.69, 9.17) is 5.11 Å². The van der Waals surface area contributed by atoms with E-state index in [2.05, 4.69) is 5.32 Å². The van der Waals surface area contributed by atoms with Gasteiger partial charge in [0.1, 0.15) is 16.0 Å². The van der Waals surface area contributed by atoms with Gasteiger partial charge in [0.15, 0.2) is 9.84 Å². The minimum absolute atomic E-state index is 0.232. The molecule has 1 unspecified atom stereocenters. The van der Waals surface area contributed by atoms with Crippen LogP contribution in [0.2, 0.25) is 0 Å². The standard InChI is InChI=1S/C12H14FNO5S/c1-3-14-11(15)7(2)20(18,19)10-6-8(12(16)17)4-5-9(10)13/h4-7H,3H2,1-2H3,(H,14,15)(H,16,17). The van der Waals surface area contributed by atoms with Crippen LogP contribution in [0.4, 0.5) is 4.39 Å². The number of aromatic carboxylic acids is 1. The predicted molar refractivity (Wildman–Crippen MR) is 68.7 cm³/mol. The number of carbonyl (C=O) groups excluding carboxylic acids is 1. The zero-order valence-corrected chi connectivity index (χ0v) is 11.7. The molecule has 0 aromatic heterocycles. The second kappa shape index (κ2) is 6.00. The minimum atomic E-state index is -4.30. The molecule has 0 aliphatic rings. The number of carboxylic acids is 1. The number of hydrogen-bond acceptors (Lipinski definition) is 4. The molecule has 1 atom stereocenters. The smallest absolute Gasteiger partial charge is 0.335 e. The average Bonchev–Trinajstić information content (AvgIpc) is 2.37. The lowest BCUT2D eigenvalue weighted by molar-refractivity contribution is -0.120. The number of carbonyl (C=O) groups is 2. The highest BCUT2D eigenvalue weighted by Crippen LogP contribution is 2.21. The van der Waals surface area contributed by atoms with E-state index >= 15 is 0 Å². The summed E-state index contributed by atoms with van der Waals surface area (Å²) in [6.45, 7) is 2.96. The van der Waals surface area contributed by atoms with Crippen molar-refractivity contribution in [1.82, 2.24) is 5.32 Å². The number of carboxylic acid groups (broad SMARTS) is 1. The molecule has 1 aromatic rings. The summed E-state index contributed by atoms with van der Waals surface area (Å²) in [4.78, 5) is 21.6. The van der Waals surface area contributed by atoms with Crippen molar-refractivity contribution in [3.63, 3.8) is 0 Å². The van der Waals surface area contributed by atoms with Gasteiger partial charge >= 0.3 is 5.97 Å². The van der Waals surface area contributed by atoms with Gasteiger partial charge in [-0.1, -0.05) is 0 Å². The molecule has 0 fully saturated rings. The van der Waals surface area contributed by atoms with Crippen LogP contribution in [0.15, 0.2) is 23.1 Å². The Labute approximate surface area is 115 Å². The molecule has 110 valence electrons. The van der Waals surface area contributed by atoms with Crippen molar-refractivity contribution in [2.45, 2.75) is 24.0 Å². The van der Waals surface area contributed by atoms with Gasteiger partial charge in [-0.3, -0.25) is 4.79 Å². The molecular weight excluding hydrogens is 289 g/mol. The van der Waals surface area contributed by atoms with Crippen molar-refractivity contribution in [2.24, 2.45) is 0 Å². The minimum Gasteiger partial charge on any atom is -0.478 e. The average molecular weight is 303 g/mol. The van der Waals surface area contributed by atoms with Crippen LogP contribution in [-0.4, -0.2) is 37.2 Å². The molecule has 0 radical (unpaired) electrons. The normalized spacial score (nSPS) is 12.8. The monoisotopic (exact) mass is 303 g/mol. The lowest BCUT2D eigenvalue weighted by atomic mass is 10.2. The van der Waals surface area contributed by atoms with E-state index in [-0.39, 0.29) is 12.1 Å². The fraction of sp³-hybridized carbons (Fsp3) is 0.333. The van der Waals surface area contributed by atoms with Crippen molar-refractivity contribution < 1.29 is 27.5 Å². The Bertz CT molecular complexity index is 641. The van der Waals surface area contributed by atoms with Gasteiger partial charge in [0.2, 0.25) is 5.91 Å². The van der Waals surface area contributed by atoms with Gasteiger partial charge in [0.05, 0.1) is 5.56 Å². The molecule has 1 rings (SSSR count). The van der Waals surface area contributed by atoms with E-state index in [0.29, 0.717) is 6.07 Å². The molecule has 0 saturated heterocycles. The summed E-state index contributed by atoms with van der Waals surface area (Å²) in [5.41, 5.74) is -0.368. The van der Waals surface area contributed by atoms with Crippen LogP contribution in [0.5, 0.6) is 0 Å². The van der Waals surface area contributed by atoms with Crippen LogP contribution in [0, 0.1) is 5.82 Å². The summed E-state index contributed by atoms with van der Waals surface area (Å²) in [6, 6.07) is 2.41. The molecule has 2 N–H and O–H groups in total. The first-order valence-electron chi connectivity index (χ1n) is 5.76. The lowest BCUT2D eigenvalue weighted by Gasteiger charge is -2.13. The topological polar surface area (TPSA) is 101 Å². The van der Waals surface area contributed by atoms with E-state index in [9.17, 15) is 22.4 Å². The Morgan fingerprint density at radius 1 is 1.40 bits per heavy atom. The molecule has 0 aliphatic heterocycles. The van der Waals surface area contributed by atoms with Gasteiger partial charge in [-0.2, -0.15) is 0 Å². The van der Waals surface area contributed by atoms with Crippen LogP contribution < -0.4 is 5.32 Å². The number of amides is 1. The van der Waals surface area contributed by atoms with Crippen LogP contribution in [0.3, 0.4) is 0 Å². The van der Waals surface area contributed by atoms with Gasteiger partial charge in [0.25, 0.3) is 0 Å². The zero-order chi connectivity index (χ0) is 15.5. The van der Waals surface area contributed by atoms with Crippen molar-refractivity contribution in [1.29, 1.82) is 0 Å². The third-order valence-corrected chi connectivity index (χ3v) is 4.74. The summed E-state index contributed by atoms with van der Waals surface area (Å²) in [5.74, 6) is -3.24. The second-order valence-electron chi connectivity index (χ2n) is 4.03. The lowest BCUT2D eigenvalue weighted by Crippen LogP contribution is -2.38. The Kier molecular flexibility index (Phi) is 4.83. The Hall–Kier alpha value is -1.96. The maximum atomic E-state index is 13.6. The predicted octanol–water partition coefficient (Wildman–Crippen LogP) is 0.822. The number of nitrogens with one attached hydrogen (secondary N) is 1. The van der Waals surface area contributed by atoms with Crippen molar-refractivity contribution >= 4 is 21.7 Å². The van der Waals surface area contributed by atoms with Crippen molar-refractivity contribution in [3.05, 3.63) is 29.6 Å². The van der Waals surface area contributed by atoms with Gasteiger partial charge in [-0.05, 0) is 32.0 Å². The zero-order valence-electron chi connectivity index (χ0n) is 10.9. The molecule has 0 bridgehead atoms. The summed E-state index contributed by atoms with van der Waals surface area (Å²) >= 11 is 0. The maximum Gasteiger partial charge on any atom is 0.335 e. The number of benzene rings is 1. The Balaban J connectivity index is 3.31. The number of sulfone groups is 1. The summed E-state index contributed by atoms with van der Waals surface area (Å²) in [6.07, 6.45) is 0. The highest BCUT2D eigenvalue weighted by molar-refractivity contribution is 7.92. The molecule has 0 aliphatic carbocycles. The molecule has 1 aromatic carbocycles. The molecule has 20 heavy (non-hydrogen) atoms. The summed E-state index contributed by atoms with van der Waals surface area (Å²) in [7, 11) is -4.30. The van der Waals surface area contributed by atoms with Gasteiger partial charge in [0, 0.05) is 6.54 Å². The van der Waals surface area contributed by atoms with E-state index in [1.54, 1.807) is 6.92 Å². The number of hydrogen-bond donors (Lipinski definition) is 2. The highest BCUT2D eigenvalue weighted by Gasteiger charge is 2.32. The first-order valence-corrected chi connectivity index (χ1v) is 7.31. The molecule has 0 heterocycles. The fourth-order valence-electron chi connectivity index (χ4n) is 1.50. The van der Waals surface area contributed by atoms with Crippen LogP contribution >= 0.6 is 0 Å². The van der Waals surface area contributed by atoms with Crippen LogP contribution in [0.25, 0.3) is 0 Å². The maximum absolute atomic E-state index is 13.6. The molecular formula is C12H14FNO5S. The van der Waals surface area contributed by atoms with Gasteiger partial charge in [-0.25, -0.2) is 17.6 Å². The van der Waals surface area contributed by atoms with Crippen molar-refractivity contribution in [2.75, 3.05) is 6.54 Å². The van der Waals surface area contributed by atoms with Gasteiger partial charge < -0.3 is 10.4 Å². The van der Waals surface area contributed by atoms with Crippen LogP contribution in [0.1, 0.15) is 24.2 Å². The molecule has 0 spiro atoms. The van der Waals surface area contributed by atoms with E-state index in [1.807, 2.05) is 0 Å². The first-order chi connectivity index (χ1) is 9.21. The Morgan fingerprint density at radius 2 is 2.00 bits per heavy atom. The summed E-state index contributed by atoms with van der Waals surface area (Å²) < 4.78 is 37.9. The van der Waals surface area contributed by atoms with E-state index < -0.39 is 37.7 Å². The molecule has 1 amide bonds. The number of rotatable bonds is 5. The molecule has 6 nitrogen and oxygen atoms in total. The quantitative estimate of drug-likeness (QED) is 0.839. The third kappa shape index (κ3) is 3.13. The van der Waals surface area contributed by atoms with E-state index in [0.717, 1.165) is 19.1 Å². The SMILES string of the molecule is CCNC(=O)C(C)S(=O)(=O)c1cc(C(=O)O)ccc1F. The largest absolute Gasteiger partial charge is 0.478 e.